The van der Waals surface area contributed by atoms with Crippen LogP contribution in [0.1, 0.15) is 24.4 Å². The summed E-state index contributed by atoms with van der Waals surface area (Å²) < 4.78 is 14.8. The van der Waals surface area contributed by atoms with Crippen molar-refractivity contribution in [2.45, 2.75) is 24.4 Å². The Labute approximate surface area is 156 Å². The first-order valence-electron chi connectivity index (χ1n) is 8.55. The smallest absolute Gasteiger partial charge is 0.332 e. The summed E-state index contributed by atoms with van der Waals surface area (Å²) in [5.41, 5.74) is -0.971. The molecule has 2 saturated heterocycles. The van der Waals surface area contributed by atoms with E-state index in [-0.39, 0.29) is 18.7 Å². The van der Waals surface area contributed by atoms with Gasteiger partial charge in [-0.3, -0.25) is 14.4 Å². The van der Waals surface area contributed by atoms with E-state index < -0.39 is 41.3 Å². The molecule has 8 nitrogen and oxygen atoms in total. The number of hydrogen-bond donors (Lipinski definition) is 0. The van der Waals surface area contributed by atoms with Crippen LogP contribution >= 0.6 is 0 Å². The first-order valence-corrected chi connectivity index (χ1v) is 8.55. The molecule has 144 valence electrons. The third-order valence-corrected chi connectivity index (χ3v) is 5.52. The summed E-state index contributed by atoms with van der Waals surface area (Å²) in [6.45, 7) is 0. The average Bonchev–Trinajstić information content (AvgIpc) is 3.20. The zero-order chi connectivity index (χ0) is 19.8. The lowest BCUT2D eigenvalue weighted by Crippen LogP contribution is -2.55. The number of rotatable bonds is 4. The Morgan fingerprint density at radius 2 is 1.63 bits per heavy atom. The maximum absolute atomic E-state index is 12.9. The molecule has 2 fully saturated rings. The quantitative estimate of drug-likeness (QED) is 0.568. The van der Waals surface area contributed by atoms with Gasteiger partial charge in [0, 0.05) is 6.42 Å². The second-order valence-electron chi connectivity index (χ2n) is 6.58. The highest BCUT2D eigenvalue weighted by Gasteiger charge is 2.72. The molecule has 2 heterocycles. The fourth-order valence-electron chi connectivity index (χ4n) is 4.49. The molecule has 4 atom stereocenters. The molecule has 0 N–H and O–H groups in total. The van der Waals surface area contributed by atoms with Crippen LogP contribution in [0.4, 0.5) is 0 Å². The molecule has 4 unspecified atom stereocenters. The van der Waals surface area contributed by atoms with E-state index in [0.717, 1.165) is 0 Å². The lowest BCUT2D eigenvalue weighted by molar-refractivity contribution is -0.167. The van der Waals surface area contributed by atoms with Gasteiger partial charge in [-0.1, -0.05) is 30.3 Å². The second kappa shape index (κ2) is 7.02. The first-order chi connectivity index (χ1) is 12.9. The van der Waals surface area contributed by atoms with Crippen LogP contribution in [0, 0.1) is 11.8 Å². The van der Waals surface area contributed by atoms with Crippen LogP contribution < -0.4 is 0 Å². The number of fused-ring (bicyclic) bond motifs is 1. The van der Waals surface area contributed by atoms with Gasteiger partial charge in [0.1, 0.15) is 5.92 Å². The van der Waals surface area contributed by atoms with Crippen LogP contribution in [0.25, 0.3) is 0 Å². The number of nitrogens with zero attached hydrogens (tertiary/aromatic N) is 1. The fraction of sp³-hybridized carbons (Fsp3) is 0.474. The molecule has 0 saturated carbocycles. The maximum Gasteiger partial charge on any atom is 0.332 e. The summed E-state index contributed by atoms with van der Waals surface area (Å²) in [7, 11) is 3.57. The molecule has 1 amide bonds. The number of carbonyl (C=O) groups excluding carboxylic acids is 4. The Kier molecular flexibility index (Phi) is 4.91. The van der Waals surface area contributed by atoms with Gasteiger partial charge in [-0.25, -0.2) is 4.79 Å². The Hall–Kier alpha value is -2.90. The van der Waals surface area contributed by atoms with Gasteiger partial charge in [0.25, 0.3) is 0 Å². The van der Waals surface area contributed by atoms with Gasteiger partial charge in [0.05, 0.1) is 33.3 Å². The Morgan fingerprint density at radius 1 is 1.00 bits per heavy atom. The number of carbonyl (C=O) groups is 4. The summed E-state index contributed by atoms with van der Waals surface area (Å²) in [4.78, 5) is 52.4. The minimum Gasteiger partial charge on any atom is -0.469 e. The lowest BCUT2D eigenvalue weighted by Gasteiger charge is -2.34. The fourth-order valence-corrected chi connectivity index (χ4v) is 4.49. The molecule has 8 heteroatoms. The van der Waals surface area contributed by atoms with Crippen LogP contribution in [0.2, 0.25) is 0 Å². The minimum absolute atomic E-state index is 0.0646. The first kappa shape index (κ1) is 18.9. The van der Waals surface area contributed by atoms with Crippen molar-refractivity contribution in [1.29, 1.82) is 0 Å². The number of esters is 3. The van der Waals surface area contributed by atoms with Crippen molar-refractivity contribution in [2.75, 3.05) is 21.3 Å². The Morgan fingerprint density at radius 3 is 2.19 bits per heavy atom. The molecule has 0 bridgehead atoms. The number of amides is 1. The van der Waals surface area contributed by atoms with Crippen molar-refractivity contribution in [1.82, 2.24) is 4.90 Å². The summed E-state index contributed by atoms with van der Waals surface area (Å²) in [6, 6.07) is 7.96. The van der Waals surface area contributed by atoms with Crippen molar-refractivity contribution in [3.05, 3.63) is 35.9 Å². The molecule has 0 spiro atoms. The van der Waals surface area contributed by atoms with Crippen molar-refractivity contribution >= 4 is 23.8 Å². The van der Waals surface area contributed by atoms with E-state index in [9.17, 15) is 19.2 Å². The zero-order valence-electron chi connectivity index (χ0n) is 15.3. The minimum atomic E-state index is -1.60. The Bertz CT molecular complexity index is 778. The van der Waals surface area contributed by atoms with E-state index >= 15 is 0 Å². The lowest BCUT2D eigenvalue weighted by atomic mass is 9.76. The van der Waals surface area contributed by atoms with E-state index in [1.165, 1.54) is 26.2 Å². The average molecular weight is 375 g/mol. The highest BCUT2D eigenvalue weighted by molar-refractivity contribution is 6.00. The second-order valence-corrected chi connectivity index (χ2v) is 6.58. The van der Waals surface area contributed by atoms with E-state index in [2.05, 4.69) is 0 Å². The topological polar surface area (TPSA) is 99.2 Å². The number of hydrogen-bond acceptors (Lipinski definition) is 7. The van der Waals surface area contributed by atoms with Gasteiger partial charge >= 0.3 is 17.9 Å². The number of benzene rings is 1. The van der Waals surface area contributed by atoms with Gasteiger partial charge in [0.2, 0.25) is 5.91 Å². The van der Waals surface area contributed by atoms with E-state index in [1.54, 1.807) is 30.3 Å². The third kappa shape index (κ3) is 2.58. The Balaban J connectivity index is 2.28. The highest BCUT2D eigenvalue weighted by atomic mass is 16.5. The molecule has 0 aromatic heterocycles. The predicted octanol–water partition coefficient (Wildman–Crippen LogP) is 0.854. The van der Waals surface area contributed by atoms with Crippen LogP contribution in [-0.4, -0.2) is 55.6 Å². The van der Waals surface area contributed by atoms with Crippen LogP contribution in [0.3, 0.4) is 0 Å². The van der Waals surface area contributed by atoms with Gasteiger partial charge < -0.3 is 19.1 Å². The molecule has 1 aromatic carbocycles. The van der Waals surface area contributed by atoms with Crippen LogP contribution in [-0.2, 0) is 33.4 Å². The number of methoxy groups -OCH3 is 3. The molecular formula is C19H21NO7. The highest BCUT2D eigenvalue weighted by Crippen LogP contribution is 2.57. The summed E-state index contributed by atoms with van der Waals surface area (Å²) in [5, 5.41) is 0. The zero-order valence-corrected chi connectivity index (χ0v) is 15.3. The normalized spacial score (nSPS) is 29.2. The molecule has 3 rings (SSSR count). The summed E-state index contributed by atoms with van der Waals surface area (Å²) >= 11 is 0. The molecule has 0 radical (unpaired) electrons. The molecule has 0 aliphatic carbocycles. The largest absolute Gasteiger partial charge is 0.469 e. The van der Waals surface area contributed by atoms with Crippen molar-refractivity contribution in [3.8, 4) is 0 Å². The molecule has 1 aromatic rings. The third-order valence-electron chi connectivity index (χ3n) is 5.52. The monoisotopic (exact) mass is 375 g/mol. The van der Waals surface area contributed by atoms with Gasteiger partial charge in [-0.05, 0) is 12.0 Å². The van der Waals surface area contributed by atoms with E-state index in [0.29, 0.717) is 5.56 Å². The molecule has 27 heavy (non-hydrogen) atoms. The summed E-state index contributed by atoms with van der Waals surface area (Å²) in [6.07, 6.45) is 0.134. The van der Waals surface area contributed by atoms with Crippen molar-refractivity contribution in [2.24, 2.45) is 11.8 Å². The van der Waals surface area contributed by atoms with Crippen molar-refractivity contribution in [3.63, 3.8) is 0 Å². The molecule has 2 aliphatic heterocycles. The molecular weight excluding hydrogens is 354 g/mol. The van der Waals surface area contributed by atoms with Crippen molar-refractivity contribution < 1.29 is 33.4 Å². The van der Waals surface area contributed by atoms with Crippen LogP contribution in [0.5, 0.6) is 0 Å². The SMILES string of the molecule is COC(=O)C1C(c2ccccc2)N2C(=O)CCC2(C(=O)OC)C1C(=O)OC. The maximum atomic E-state index is 12.9. The van der Waals surface area contributed by atoms with Gasteiger partial charge in [0.15, 0.2) is 5.54 Å². The van der Waals surface area contributed by atoms with E-state index in [1.807, 2.05) is 0 Å². The summed E-state index contributed by atoms with van der Waals surface area (Å²) in [5.74, 6) is -4.82. The standard InChI is InChI=1S/C19H21NO7/c1-25-16(22)13-14(17(23)26-2)19(18(24)27-3)10-9-12(21)20(19)15(13)11-7-5-4-6-8-11/h4-8,13-15H,9-10H2,1-3H3. The van der Waals surface area contributed by atoms with Gasteiger partial charge in [-0.15, -0.1) is 0 Å². The molecule has 2 aliphatic rings. The van der Waals surface area contributed by atoms with Crippen LogP contribution in [0.15, 0.2) is 30.3 Å². The van der Waals surface area contributed by atoms with Gasteiger partial charge in [-0.2, -0.15) is 0 Å². The predicted molar refractivity (Wildman–Crippen MR) is 91.0 cm³/mol. The van der Waals surface area contributed by atoms with E-state index in [4.69, 9.17) is 14.2 Å². The number of ether oxygens (including phenoxy) is 3.